The van der Waals surface area contributed by atoms with Crippen LogP contribution < -0.4 is 0 Å². The van der Waals surface area contributed by atoms with E-state index >= 15 is 0 Å². The van der Waals surface area contributed by atoms with Crippen molar-refractivity contribution in [3.8, 4) is 0 Å². The number of hydrogen-bond donors (Lipinski definition) is 0. The van der Waals surface area contributed by atoms with E-state index in [1.807, 2.05) is 6.92 Å². The largest absolute Gasteiger partial charge is 0.207 e. The van der Waals surface area contributed by atoms with Crippen molar-refractivity contribution in [2.75, 3.05) is 0 Å². The molecule has 0 aliphatic heterocycles. The number of hydrogen-bond acceptors (Lipinski definition) is 0. The fourth-order valence-electron chi connectivity index (χ4n) is 0.533. The SMILES string of the molecule is Cc1ccc(F)cc1.[Zn]. The molecule has 0 nitrogen and oxygen atoms in total. The summed E-state index contributed by atoms with van der Waals surface area (Å²) in [6.45, 7) is 1.93. The van der Waals surface area contributed by atoms with Crippen LogP contribution in [0.3, 0.4) is 0 Å². The summed E-state index contributed by atoms with van der Waals surface area (Å²) in [6, 6.07) is 6.40. The first kappa shape index (κ1) is 8.77. The van der Waals surface area contributed by atoms with E-state index in [4.69, 9.17) is 0 Å². The second-order valence-corrected chi connectivity index (χ2v) is 1.80. The Morgan fingerprint density at radius 1 is 1.11 bits per heavy atom. The Morgan fingerprint density at radius 3 is 1.89 bits per heavy atom. The van der Waals surface area contributed by atoms with Crippen LogP contribution in [0.2, 0.25) is 0 Å². The van der Waals surface area contributed by atoms with Crippen molar-refractivity contribution in [3.05, 3.63) is 35.6 Å². The topological polar surface area (TPSA) is 0 Å². The van der Waals surface area contributed by atoms with Crippen molar-refractivity contribution < 1.29 is 23.9 Å². The van der Waals surface area contributed by atoms with Crippen molar-refractivity contribution in [1.29, 1.82) is 0 Å². The molecule has 0 fully saturated rings. The minimum Gasteiger partial charge on any atom is -0.207 e. The first-order valence-electron chi connectivity index (χ1n) is 2.51. The standard InChI is InChI=1S/C7H7F.Zn/c1-6-2-4-7(8)5-3-6;/h2-5H,1H3;. The van der Waals surface area contributed by atoms with Crippen LogP contribution in [-0.2, 0) is 19.5 Å². The molecule has 1 rings (SSSR count). The Hall–Kier alpha value is -0.227. The Balaban J connectivity index is 0.000000640. The van der Waals surface area contributed by atoms with E-state index in [0.29, 0.717) is 0 Å². The molecule has 0 bridgehead atoms. The van der Waals surface area contributed by atoms with Crippen LogP contribution in [0.1, 0.15) is 5.56 Å². The molecule has 0 aliphatic carbocycles. The smallest absolute Gasteiger partial charge is 0.123 e. The van der Waals surface area contributed by atoms with Gasteiger partial charge in [-0.1, -0.05) is 17.7 Å². The van der Waals surface area contributed by atoms with Gasteiger partial charge in [0.2, 0.25) is 0 Å². The van der Waals surface area contributed by atoms with Crippen LogP contribution in [0.5, 0.6) is 0 Å². The third-order valence-electron chi connectivity index (χ3n) is 1.01. The van der Waals surface area contributed by atoms with Gasteiger partial charge in [-0.15, -0.1) is 0 Å². The monoisotopic (exact) mass is 174 g/mol. The van der Waals surface area contributed by atoms with E-state index < -0.39 is 0 Å². The molecular weight excluding hydrogens is 168 g/mol. The minimum atomic E-state index is -0.171. The normalized spacial score (nSPS) is 8.22. The maximum absolute atomic E-state index is 12.1. The molecule has 0 amide bonds. The molecule has 0 aromatic heterocycles. The van der Waals surface area contributed by atoms with Crippen molar-refractivity contribution in [2.24, 2.45) is 0 Å². The zero-order valence-corrected chi connectivity index (χ0v) is 8.36. The van der Waals surface area contributed by atoms with E-state index in [1.165, 1.54) is 12.1 Å². The van der Waals surface area contributed by atoms with Gasteiger partial charge in [-0.3, -0.25) is 0 Å². The molecule has 0 N–H and O–H groups in total. The molecule has 1 aromatic carbocycles. The molecule has 0 heterocycles. The molecule has 2 heteroatoms. The second-order valence-electron chi connectivity index (χ2n) is 1.80. The molecule has 0 radical (unpaired) electrons. The van der Waals surface area contributed by atoms with E-state index in [0.717, 1.165) is 5.56 Å². The summed E-state index contributed by atoms with van der Waals surface area (Å²) in [6.07, 6.45) is 0. The van der Waals surface area contributed by atoms with Crippen molar-refractivity contribution >= 4 is 0 Å². The molecule has 9 heavy (non-hydrogen) atoms. The molecule has 44 valence electrons. The third-order valence-corrected chi connectivity index (χ3v) is 1.01. The van der Waals surface area contributed by atoms with Crippen LogP contribution in [0.25, 0.3) is 0 Å². The van der Waals surface area contributed by atoms with Gasteiger partial charge >= 0.3 is 0 Å². The first-order valence-corrected chi connectivity index (χ1v) is 2.51. The van der Waals surface area contributed by atoms with E-state index in [1.54, 1.807) is 12.1 Å². The molecule has 1 aromatic rings. The van der Waals surface area contributed by atoms with Gasteiger partial charge in [0.1, 0.15) is 5.82 Å². The average Bonchev–Trinajstić information content (AvgIpc) is 1.77. The average molecular weight is 176 g/mol. The Kier molecular flexibility index (Phi) is 3.64. The molecule has 0 saturated carbocycles. The summed E-state index contributed by atoms with van der Waals surface area (Å²) in [7, 11) is 0. The van der Waals surface area contributed by atoms with Crippen LogP contribution >= 0.6 is 0 Å². The molecule has 0 saturated heterocycles. The Bertz CT molecular complexity index is 148. The van der Waals surface area contributed by atoms with Gasteiger partial charge < -0.3 is 0 Å². The van der Waals surface area contributed by atoms with Crippen molar-refractivity contribution in [1.82, 2.24) is 0 Å². The van der Waals surface area contributed by atoms with E-state index in [-0.39, 0.29) is 25.3 Å². The summed E-state index contributed by atoms with van der Waals surface area (Å²) < 4.78 is 12.1. The predicted octanol–water partition coefficient (Wildman–Crippen LogP) is 2.13. The third kappa shape index (κ3) is 2.71. The van der Waals surface area contributed by atoms with Crippen molar-refractivity contribution in [2.45, 2.75) is 6.92 Å². The van der Waals surface area contributed by atoms with Gasteiger partial charge in [0, 0.05) is 19.5 Å². The molecular formula is C7H7FZn. The van der Waals surface area contributed by atoms with Crippen LogP contribution in [0, 0.1) is 12.7 Å². The Morgan fingerprint density at radius 2 is 1.56 bits per heavy atom. The summed E-state index contributed by atoms with van der Waals surface area (Å²) in [4.78, 5) is 0. The number of aryl methyl sites for hydroxylation is 1. The molecule has 0 spiro atoms. The fraction of sp³-hybridized carbons (Fsp3) is 0.143. The number of halogens is 1. The fourth-order valence-corrected chi connectivity index (χ4v) is 0.533. The summed E-state index contributed by atoms with van der Waals surface area (Å²) in [5.74, 6) is -0.171. The second kappa shape index (κ2) is 3.73. The summed E-state index contributed by atoms with van der Waals surface area (Å²) >= 11 is 0. The zero-order chi connectivity index (χ0) is 5.98. The number of benzene rings is 1. The van der Waals surface area contributed by atoms with Gasteiger partial charge in [0.15, 0.2) is 0 Å². The molecule has 0 aliphatic rings. The Labute approximate surface area is 66.8 Å². The predicted molar refractivity (Wildman–Crippen MR) is 31.1 cm³/mol. The van der Waals surface area contributed by atoms with Gasteiger partial charge in [0.05, 0.1) is 0 Å². The number of rotatable bonds is 0. The van der Waals surface area contributed by atoms with Crippen LogP contribution in [0.4, 0.5) is 4.39 Å². The van der Waals surface area contributed by atoms with E-state index in [2.05, 4.69) is 0 Å². The van der Waals surface area contributed by atoms with Gasteiger partial charge in [-0.25, -0.2) is 4.39 Å². The van der Waals surface area contributed by atoms with Crippen LogP contribution in [-0.4, -0.2) is 0 Å². The van der Waals surface area contributed by atoms with Crippen LogP contribution in [0.15, 0.2) is 24.3 Å². The molecule has 0 unspecified atom stereocenters. The maximum Gasteiger partial charge on any atom is 0.123 e. The minimum absolute atomic E-state index is 0. The zero-order valence-electron chi connectivity index (χ0n) is 5.39. The molecule has 0 atom stereocenters. The van der Waals surface area contributed by atoms with Gasteiger partial charge in [-0.05, 0) is 19.1 Å². The summed E-state index contributed by atoms with van der Waals surface area (Å²) in [5, 5.41) is 0. The first-order chi connectivity index (χ1) is 3.79. The van der Waals surface area contributed by atoms with Gasteiger partial charge in [-0.2, -0.15) is 0 Å². The maximum atomic E-state index is 12.1. The summed E-state index contributed by atoms with van der Waals surface area (Å²) in [5.41, 5.74) is 1.09. The van der Waals surface area contributed by atoms with E-state index in [9.17, 15) is 4.39 Å². The van der Waals surface area contributed by atoms with Gasteiger partial charge in [0.25, 0.3) is 0 Å². The van der Waals surface area contributed by atoms with Crippen molar-refractivity contribution in [3.63, 3.8) is 0 Å². The quantitative estimate of drug-likeness (QED) is 0.530.